The largest absolute Gasteiger partial charge is 0.508 e. The lowest BCUT2D eigenvalue weighted by atomic mass is 10.1. The number of rotatable bonds is 3. The van der Waals surface area contributed by atoms with Crippen molar-refractivity contribution in [1.82, 2.24) is 4.98 Å². The summed E-state index contributed by atoms with van der Waals surface area (Å²) in [6.45, 7) is 1.83. The second kappa shape index (κ2) is 5.91. The Morgan fingerprint density at radius 3 is 2.57 bits per heavy atom. The summed E-state index contributed by atoms with van der Waals surface area (Å²) in [6, 6.07) is 4.78. The van der Waals surface area contributed by atoms with E-state index < -0.39 is 12.0 Å². The lowest BCUT2D eigenvalue weighted by molar-refractivity contribution is 0.0697. The number of nitrogens with zero attached hydrogens (tertiary/aromatic N) is 1. The Labute approximate surface area is 120 Å². The van der Waals surface area contributed by atoms with Gasteiger partial charge >= 0.3 is 12.0 Å². The van der Waals surface area contributed by atoms with Crippen molar-refractivity contribution in [2.75, 3.05) is 10.6 Å². The summed E-state index contributed by atoms with van der Waals surface area (Å²) >= 11 is 0. The molecule has 0 atom stereocenters. The molecule has 108 valence electrons. The van der Waals surface area contributed by atoms with Crippen LogP contribution in [-0.2, 0) is 0 Å². The SMILES string of the molecule is Cc1cncc(NC(=O)Nc2ccc(O)cc2C(=O)O)c1. The Bertz CT molecular complexity index is 700. The van der Waals surface area contributed by atoms with Crippen LogP contribution in [0.3, 0.4) is 0 Å². The van der Waals surface area contributed by atoms with E-state index in [1.54, 1.807) is 12.3 Å². The molecule has 7 nitrogen and oxygen atoms in total. The maximum absolute atomic E-state index is 11.8. The lowest BCUT2D eigenvalue weighted by Gasteiger charge is -2.10. The molecule has 0 spiro atoms. The van der Waals surface area contributed by atoms with Gasteiger partial charge in [-0.15, -0.1) is 0 Å². The summed E-state index contributed by atoms with van der Waals surface area (Å²) in [5.74, 6) is -1.44. The van der Waals surface area contributed by atoms with E-state index in [1.165, 1.54) is 18.3 Å². The number of pyridine rings is 1. The number of carbonyl (C=O) groups excluding carboxylic acids is 1. The quantitative estimate of drug-likeness (QED) is 0.648. The molecule has 0 saturated carbocycles. The van der Waals surface area contributed by atoms with Crippen molar-refractivity contribution in [1.29, 1.82) is 0 Å². The van der Waals surface area contributed by atoms with Crippen LogP contribution in [0.4, 0.5) is 16.2 Å². The number of aryl methyl sites for hydroxylation is 1. The van der Waals surface area contributed by atoms with Crippen molar-refractivity contribution < 1.29 is 19.8 Å². The van der Waals surface area contributed by atoms with E-state index in [1.807, 2.05) is 6.92 Å². The van der Waals surface area contributed by atoms with Gasteiger partial charge in [0.15, 0.2) is 0 Å². The van der Waals surface area contributed by atoms with Gasteiger partial charge in [0.2, 0.25) is 0 Å². The van der Waals surface area contributed by atoms with Crippen molar-refractivity contribution in [3.8, 4) is 5.75 Å². The number of hydrogen-bond donors (Lipinski definition) is 4. The molecule has 1 aromatic carbocycles. The average Bonchev–Trinajstić information content (AvgIpc) is 2.40. The molecule has 0 aliphatic carbocycles. The van der Waals surface area contributed by atoms with Crippen LogP contribution in [0.2, 0.25) is 0 Å². The Kier molecular flexibility index (Phi) is 4.03. The molecule has 1 heterocycles. The van der Waals surface area contributed by atoms with Gasteiger partial charge in [-0.1, -0.05) is 0 Å². The van der Waals surface area contributed by atoms with Crippen molar-refractivity contribution in [3.63, 3.8) is 0 Å². The highest BCUT2D eigenvalue weighted by Gasteiger charge is 2.13. The zero-order valence-corrected chi connectivity index (χ0v) is 11.1. The number of carbonyl (C=O) groups is 2. The third-order valence-electron chi connectivity index (χ3n) is 2.61. The van der Waals surface area contributed by atoms with Crippen LogP contribution in [-0.4, -0.2) is 27.2 Å². The fourth-order valence-corrected chi connectivity index (χ4v) is 1.73. The number of amides is 2. The molecule has 0 unspecified atom stereocenters. The minimum atomic E-state index is -1.25. The number of benzene rings is 1. The van der Waals surface area contributed by atoms with Gasteiger partial charge < -0.3 is 20.8 Å². The van der Waals surface area contributed by atoms with Gasteiger partial charge in [0.05, 0.1) is 23.1 Å². The predicted octanol–water partition coefficient (Wildman–Crippen LogP) is 2.44. The number of aromatic hydroxyl groups is 1. The topological polar surface area (TPSA) is 112 Å². The molecule has 1 aromatic heterocycles. The van der Waals surface area contributed by atoms with E-state index in [9.17, 15) is 14.7 Å². The molecular weight excluding hydrogens is 274 g/mol. The van der Waals surface area contributed by atoms with Crippen LogP contribution in [0.15, 0.2) is 36.7 Å². The summed E-state index contributed by atoms with van der Waals surface area (Å²) in [5, 5.41) is 23.3. The highest BCUT2D eigenvalue weighted by atomic mass is 16.4. The minimum Gasteiger partial charge on any atom is -0.508 e. The summed E-state index contributed by atoms with van der Waals surface area (Å²) in [7, 11) is 0. The number of carboxylic acid groups (broad SMARTS) is 1. The van der Waals surface area contributed by atoms with Crippen LogP contribution in [0.25, 0.3) is 0 Å². The molecule has 0 bridgehead atoms. The number of phenolic OH excluding ortho intramolecular Hbond substituents is 1. The van der Waals surface area contributed by atoms with E-state index >= 15 is 0 Å². The zero-order chi connectivity index (χ0) is 15.4. The third-order valence-corrected chi connectivity index (χ3v) is 2.61. The summed E-state index contributed by atoms with van der Waals surface area (Å²) in [5.41, 5.74) is 1.25. The number of urea groups is 1. The first-order valence-corrected chi connectivity index (χ1v) is 6.01. The number of anilines is 2. The van der Waals surface area contributed by atoms with Gasteiger partial charge in [-0.3, -0.25) is 4.98 Å². The van der Waals surface area contributed by atoms with Gasteiger partial charge in [-0.05, 0) is 36.8 Å². The van der Waals surface area contributed by atoms with Gasteiger partial charge in [0.25, 0.3) is 0 Å². The van der Waals surface area contributed by atoms with E-state index in [2.05, 4.69) is 15.6 Å². The van der Waals surface area contributed by atoms with E-state index in [0.29, 0.717) is 5.69 Å². The Hall–Kier alpha value is -3.09. The second-order valence-corrected chi connectivity index (χ2v) is 4.37. The summed E-state index contributed by atoms with van der Waals surface area (Å²) in [6.07, 6.45) is 3.12. The van der Waals surface area contributed by atoms with Crippen LogP contribution < -0.4 is 10.6 Å². The smallest absolute Gasteiger partial charge is 0.337 e. The zero-order valence-electron chi connectivity index (χ0n) is 11.1. The number of nitrogens with one attached hydrogen (secondary N) is 2. The van der Waals surface area contributed by atoms with Gasteiger partial charge in [-0.2, -0.15) is 0 Å². The highest BCUT2D eigenvalue weighted by Crippen LogP contribution is 2.21. The molecule has 4 N–H and O–H groups in total. The van der Waals surface area contributed by atoms with Gasteiger partial charge in [0.1, 0.15) is 5.75 Å². The molecule has 2 amide bonds. The third kappa shape index (κ3) is 3.69. The average molecular weight is 287 g/mol. The van der Waals surface area contributed by atoms with Crippen LogP contribution in [0.5, 0.6) is 5.75 Å². The number of hydrogen-bond acceptors (Lipinski definition) is 4. The number of phenols is 1. The van der Waals surface area contributed by atoms with Crippen LogP contribution in [0.1, 0.15) is 15.9 Å². The first-order chi connectivity index (χ1) is 9.95. The maximum atomic E-state index is 11.8. The Morgan fingerprint density at radius 2 is 1.90 bits per heavy atom. The Morgan fingerprint density at radius 1 is 1.14 bits per heavy atom. The fourth-order valence-electron chi connectivity index (χ4n) is 1.73. The van der Waals surface area contributed by atoms with Gasteiger partial charge in [-0.25, -0.2) is 9.59 Å². The lowest BCUT2D eigenvalue weighted by Crippen LogP contribution is -2.21. The number of carboxylic acids is 1. The molecular formula is C14H13N3O4. The van der Waals surface area contributed by atoms with E-state index in [4.69, 9.17) is 5.11 Å². The first-order valence-electron chi connectivity index (χ1n) is 6.01. The highest BCUT2D eigenvalue weighted by molar-refractivity contribution is 6.04. The molecule has 2 rings (SSSR count). The fraction of sp³-hybridized carbons (Fsp3) is 0.0714. The first kappa shape index (κ1) is 14.3. The number of aromatic carboxylic acids is 1. The molecule has 21 heavy (non-hydrogen) atoms. The van der Waals surface area contributed by atoms with Crippen LogP contribution in [0, 0.1) is 6.92 Å². The van der Waals surface area contributed by atoms with E-state index in [0.717, 1.165) is 11.6 Å². The molecule has 2 aromatic rings. The normalized spacial score (nSPS) is 9.95. The van der Waals surface area contributed by atoms with Crippen molar-refractivity contribution >= 4 is 23.4 Å². The Balaban J connectivity index is 2.15. The standard InChI is InChI=1S/C14H13N3O4/c1-8-4-9(7-15-6-8)16-14(21)17-12-3-2-10(18)5-11(12)13(19)20/h2-7,18H,1H3,(H,19,20)(H2,16,17,21). The summed E-state index contributed by atoms with van der Waals surface area (Å²) < 4.78 is 0. The van der Waals surface area contributed by atoms with Crippen LogP contribution >= 0.6 is 0 Å². The maximum Gasteiger partial charge on any atom is 0.337 e. The summed E-state index contributed by atoms with van der Waals surface area (Å²) in [4.78, 5) is 26.8. The minimum absolute atomic E-state index is 0.0819. The number of aromatic nitrogens is 1. The molecule has 0 fully saturated rings. The molecule has 0 aliphatic heterocycles. The van der Waals surface area contributed by atoms with Crippen molar-refractivity contribution in [2.45, 2.75) is 6.92 Å². The van der Waals surface area contributed by atoms with Crippen molar-refractivity contribution in [2.24, 2.45) is 0 Å². The van der Waals surface area contributed by atoms with Gasteiger partial charge in [0, 0.05) is 6.20 Å². The van der Waals surface area contributed by atoms with Crippen molar-refractivity contribution in [3.05, 3.63) is 47.8 Å². The molecule has 7 heteroatoms. The second-order valence-electron chi connectivity index (χ2n) is 4.37. The predicted molar refractivity (Wildman–Crippen MR) is 76.7 cm³/mol. The molecule has 0 radical (unpaired) electrons. The van der Waals surface area contributed by atoms with E-state index in [-0.39, 0.29) is 17.0 Å². The molecule has 0 aliphatic rings. The monoisotopic (exact) mass is 287 g/mol. The molecule has 0 saturated heterocycles.